The Kier molecular flexibility index (Phi) is 4.33. The lowest BCUT2D eigenvalue weighted by Crippen LogP contribution is -2.37. The lowest BCUT2D eigenvalue weighted by molar-refractivity contribution is 0.0513. The number of benzene rings is 1. The van der Waals surface area contributed by atoms with Gasteiger partial charge in [0.15, 0.2) is 5.69 Å². The molecule has 1 aliphatic heterocycles. The Hall–Kier alpha value is -2.70. The van der Waals surface area contributed by atoms with Crippen LogP contribution in [0.25, 0.3) is 0 Å². The summed E-state index contributed by atoms with van der Waals surface area (Å²) in [6.07, 6.45) is 0.554. The summed E-state index contributed by atoms with van der Waals surface area (Å²) >= 11 is 0. The van der Waals surface area contributed by atoms with Crippen molar-refractivity contribution in [3.63, 3.8) is 0 Å². The molecule has 7 heteroatoms. The summed E-state index contributed by atoms with van der Waals surface area (Å²) in [5.41, 5.74) is 1.82. The van der Waals surface area contributed by atoms with Crippen molar-refractivity contribution in [3.8, 4) is 0 Å². The van der Waals surface area contributed by atoms with Crippen LogP contribution in [0.4, 0.5) is 4.39 Å². The number of esters is 1. The number of hydrogen-bond donors (Lipinski definition) is 0. The molecule has 0 N–H and O–H groups in total. The fraction of sp³-hybridized carbons (Fsp3) is 0.353. The van der Waals surface area contributed by atoms with Gasteiger partial charge in [0, 0.05) is 31.3 Å². The maximum Gasteiger partial charge on any atom is 0.359 e. The summed E-state index contributed by atoms with van der Waals surface area (Å²) in [5, 5.41) is 4.22. The molecule has 0 saturated carbocycles. The number of halogens is 1. The second-order valence-corrected chi connectivity index (χ2v) is 5.57. The van der Waals surface area contributed by atoms with Gasteiger partial charge in [-0.2, -0.15) is 5.10 Å². The van der Waals surface area contributed by atoms with Gasteiger partial charge in [-0.1, -0.05) is 12.1 Å². The zero-order chi connectivity index (χ0) is 17.3. The first-order chi connectivity index (χ1) is 11.5. The summed E-state index contributed by atoms with van der Waals surface area (Å²) in [4.78, 5) is 26.2. The van der Waals surface area contributed by atoms with Crippen LogP contribution < -0.4 is 0 Å². The molecule has 0 spiro atoms. The molecular weight excluding hydrogens is 313 g/mol. The average Bonchev–Trinajstić information content (AvgIpc) is 2.91. The molecule has 0 radical (unpaired) electrons. The minimum atomic E-state index is -0.551. The minimum Gasteiger partial charge on any atom is -0.461 e. The molecule has 0 saturated heterocycles. The highest BCUT2D eigenvalue weighted by atomic mass is 19.1. The minimum absolute atomic E-state index is 0.0301. The number of aromatic nitrogens is 2. The van der Waals surface area contributed by atoms with Gasteiger partial charge in [-0.25, -0.2) is 9.18 Å². The van der Waals surface area contributed by atoms with Gasteiger partial charge in [0.1, 0.15) is 5.82 Å². The van der Waals surface area contributed by atoms with Crippen molar-refractivity contribution in [3.05, 3.63) is 52.6 Å². The van der Waals surface area contributed by atoms with Crippen LogP contribution >= 0.6 is 0 Å². The molecule has 1 aromatic carbocycles. The van der Waals surface area contributed by atoms with Crippen molar-refractivity contribution in [1.82, 2.24) is 14.7 Å². The maximum absolute atomic E-state index is 13.9. The molecule has 2 heterocycles. The maximum atomic E-state index is 13.9. The summed E-state index contributed by atoms with van der Waals surface area (Å²) in [5.74, 6) is -1.45. The van der Waals surface area contributed by atoms with Gasteiger partial charge in [0.05, 0.1) is 18.7 Å². The molecule has 2 aromatic rings. The third-order valence-electron chi connectivity index (χ3n) is 4.10. The number of nitrogens with zero attached hydrogens (tertiary/aromatic N) is 3. The number of carbonyl (C=O) groups is 2. The quantitative estimate of drug-likeness (QED) is 0.806. The van der Waals surface area contributed by atoms with Crippen LogP contribution in [0.15, 0.2) is 24.3 Å². The molecular formula is C17H18FN3O3. The van der Waals surface area contributed by atoms with E-state index in [0.717, 1.165) is 5.69 Å². The molecule has 3 rings (SSSR count). The molecule has 0 fully saturated rings. The van der Waals surface area contributed by atoms with E-state index in [4.69, 9.17) is 4.74 Å². The van der Waals surface area contributed by atoms with Crippen LogP contribution in [-0.4, -0.2) is 39.7 Å². The zero-order valence-corrected chi connectivity index (χ0v) is 13.6. The van der Waals surface area contributed by atoms with Crippen LogP contribution in [0.2, 0.25) is 0 Å². The van der Waals surface area contributed by atoms with E-state index in [9.17, 15) is 14.0 Å². The van der Waals surface area contributed by atoms with Crippen molar-refractivity contribution < 1.29 is 18.7 Å². The monoisotopic (exact) mass is 331 g/mol. The Balaban J connectivity index is 1.90. The number of fused-ring (bicyclic) bond motifs is 1. The summed E-state index contributed by atoms with van der Waals surface area (Å²) in [6.45, 7) is 2.63. The Morgan fingerprint density at radius 1 is 1.33 bits per heavy atom. The third-order valence-corrected chi connectivity index (χ3v) is 4.10. The summed E-state index contributed by atoms with van der Waals surface area (Å²) in [7, 11) is 1.76. The second-order valence-electron chi connectivity index (χ2n) is 5.57. The lowest BCUT2D eigenvalue weighted by Gasteiger charge is -2.27. The number of amides is 1. The molecule has 1 aromatic heterocycles. The van der Waals surface area contributed by atoms with Crippen LogP contribution in [0, 0.1) is 5.82 Å². The molecule has 0 aliphatic carbocycles. The van der Waals surface area contributed by atoms with Crippen molar-refractivity contribution >= 4 is 11.9 Å². The van der Waals surface area contributed by atoms with Gasteiger partial charge >= 0.3 is 5.97 Å². The molecule has 24 heavy (non-hydrogen) atoms. The van der Waals surface area contributed by atoms with Crippen molar-refractivity contribution in [2.75, 3.05) is 13.2 Å². The predicted octanol–water partition coefficient (Wildman–Crippen LogP) is 1.93. The smallest absolute Gasteiger partial charge is 0.359 e. The van der Waals surface area contributed by atoms with E-state index in [2.05, 4.69) is 5.10 Å². The average molecular weight is 331 g/mol. The number of carbonyl (C=O) groups excluding carboxylic acids is 2. The zero-order valence-electron chi connectivity index (χ0n) is 13.6. The van der Waals surface area contributed by atoms with Crippen LogP contribution in [0.5, 0.6) is 0 Å². The van der Waals surface area contributed by atoms with Gasteiger partial charge in [-0.05, 0) is 19.1 Å². The number of hydrogen-bond acceptors (Lipinski definition) is 4. The molecule has 1 aliphatic rings. The van der Waals surface area contributed by atoms with Crippen molar-refractivity contribution in [1.29, 1.82) is 0 Å². The highest BCUT2D eigenvalue weighted by Crippen LogP contribution is 2.24. The van der Waals surface area contributed by atoms with Crippen LogP contribution in [-0.2, 0) is 24.8 Å². The van der Waals surface area contributed by atoms with Crippen LogP contribution in [0.1, 0.15) is 39.0 Å². The topological polar surface area (TPSA) is 64.4 Å². The largest absolute Gasteiger partial charge is 0.461 e. The molecule has 6 nitrogen and oxygen atoms in total. The van der Waals surface area contributed by atoms with Gasteiger partial charge in [0.25, 0.3) is 5.91 Å². The SMILES string of the molecule is CCOC(=O)c1nn(C)c2c1CN(C(=O)c1ccccc1F)CC2. The van der Waals surface area contributed by atoms with Gasteiger partial charge in [-0.3, -0.25) is 9.48 Å². The first kappa shape index (κ1) is 16.2. The van der Waals surface area contributed by atoms with E-state index in [1.54, 1.807) is 30.8 Å². The van der Waals surface area contributed by atoms with E-state index in [-0.39, 0.29) is 24.4 Å². The Labute approximate surface area is 138 Å². The van der Waals surface area contributed by atoms with Gasteiger partial charge in [0.2, 0.25) is 0 Å². The van der Waals surface area contributed by atoms with Crippen molar-refractivity contribution in [2.24, 2.45) is 7.05 Å². The number of ether oxygens (including phenoxy) is 1. The lowest BCUT2D eigenvalue weighted by atomic mass is 10.0. The summed E-state index contributed by atoms with van der Waals surface area (Å²) < 4.78 is 20.5. The summed E-state index contributed by atoms with van der Waals surface area (Å²) in [6, 6.07) is 5.89. The molecule has 0 bridgehead atoms. The van der Waals surface area contributed by atoms with E-state index >= 15 is 0 Å². The number of rotatable bonds is 3. The predicted molar refractivity (Wildman–Crippen MR) is 84.0 cm³/mol. The van der Waals surface area contributed by atoms with Gasteiger partial charge < -0.3 is 9.64 Å². The Morgan fingerprint density at radius 2 is 2.08 bits per heavy atom. The van der Waals surface area contributed by atoms with E-state index < -0.39 is 17.7 Å². The highest BCUT2D eigenvalue weighted by Gasteiger charge is 2.30. The van der Waals surface area contributed by atoms with E-state index in [0.29, 0.717) is 18.5 Å². The Bertz CT molecular complexity index is 800. The molecule has 126 valence electrons. The third kappa shape index (κ3) is 2.77. The fourth-order valence-corrected chi connectivity index (χ4v) is 2.93. The fourth-order valence-electron chi connectivity index (χ4n) is 2.93. The normalized spacial score (nSPS) is 13.5. The van der Waals surface area contributed by atoms with Crippen LogP contribution in [0.3, 0.4) is 0 Å². The Morgan fingerprint density at radius 3 is 2.79 bits per heavy atom. The number of aryl methyl sites for hydroxylation is 1. The first-order valence-electron chi connectivity index (χ1n) is 7.78. The second kappa shape index (κ2) is 6.43. The molecule has 1 amide bonds. The molecule has 0 unspecified atom stereocenters. The standard InChI is InChI=1S/C17H18FN3O3/c1-3-24-17(23)15-12-10-21(9-8-14(12)20(2)19-15)16(22)11-6-4-5-7-13(11)18/h4-7H,3,8-10H2,1-2H3. The van der Waals surface area contributed by atoms with Crippen molar-refractivity contribution in [2.45, 2.75) is 19.9 Å². The molecule has 0 atom stereocenters. The highest BCUT2D eigenvalue weighted by molar-refractivity contribution is 5.95. The van der Waals surface area contributed by atoms with Gasteiger partial charge in [-0.15, -0.1) is 0 Å². The van der Waals surface area contributed by atoms with E-state index in [1.165, 1.54) is 17.0 Å². The first-order valence-corrected chi connectivity index (χ1v) is 7.78. The van der Waals surface area contributed by atoms with E-state index in [1.807, 2.05) is 0 Å².